The predicted molar refractivity (Wildman–Crippen MR) is 71.3 cm³/mol. The Bertz CT molecular complexity index is 414. The van der Waals surface area contributed by atoms with Crippen molar-refractivity contribution in [3.05, 3.63) is 41.4 Å². The van der Waals surface area contributed by atoms with Gasteiger partial charge in [-0.25, -0.2) is 4.79 Å². The van der Waals surface area contributed by atoms with Gasteiger partial charge in [-0.2, -0.15) is 0 Å². The Hall–Kier alpha value is -1.75. The lowest BCUT2D eigenvalue weighted by atomic mass is 10.2. The predicted octanol–water partition coefficient (Wildman–Crippen LogP) is 2.81. The number of hydrogen-bond acceptors (Lipinski definition) is 3. The fourth-order valence-corrected chi connectivity index (χ4v) is 1.73. The number of carbonyl (C=O) groups is 1. The molecule has 0 aliphatic rings. The largest absolute Gasteiger partial charge is 0.340 e. The SMILES string of the molecule is CNC(=O)N(C=N)/C=C/Sc1ccc(C)cc1. The van der Waals surface area contributed by atoms with Gasteiger partial charge in [0.25, 0.3) is 0 Å². The molecule has 2 amide bonds. The van der Waals surface area contributed by atoms with Gasteiger partial charge in [-0.1, -0.05) is 29.5 Å². The molecule has 0 radical (unpaired) electrons. The van der Waals surface area contributed by atoms with Crippen LogP contribution in [-0.4, -0.2) is 24.3 Å². The van der Waals surface area contributed by atoms with Crippen LogP contribution in [-0.2, 0) is 0 Å². The second kappa shape index (κ2) is 6.75. The van der Waals surface area contributed by atoms with Gasteiger partial charge in [0.05, 0.1) is 6.34 Å². The lowest BCUT2D eigenvalue weighted by molar-refractivity contribution is 0.233. The average molecular weight is 249 g/mol. The Morgan fingerprint density at radius 2 is 2.06 bits per heavy atom. The van der Waals surface area contributed by atoms with Crippen LogP contribution in [0.25, 0.3) is 0 Å². The molecule has 5 heteroatoms. The van der Waals surface area contributed by atoms with E-state index in [1.165, 1.54) is 29.3 Å². The van der Waals surface area contributed by atoms with Gasteiger partial charge in [0.1, 0.15) is 0 Å². The maximum Gasteiger partial charge on any atom is 0.326 e. The molecule has 0 unspecified atom stereocenters. The van der Waals surface area contributed by atoms with Crippen molar-refractivity contribution < 1.29 is 4.79 Å². The number of nitrogens with zero attached hydrogens (tertiary/aromatic N) is 1. The number of rotatable bonds is 4. The summed E-state index contributed by atoms with van der Waals surface area (Å²) in [5.74, 6) is 0. The summed E-state index contributed by atoms with van der Waals surface area (Å²) < 4.78 is 0. The van der Waals surface area contributed by atoms with Crippen molar-refractivity contribution in [2.75, 3.05) is 7.05 Å². The lowest BCUT2D eigenvalue weighted by Gasteiger charge is -2.09. The Labute approximate surface area is 105 Å². The first-order valence-electron chi connectivity index (χ1n) is 5.08. The Morgan fingerprint density at radius 3 is 2.59 bits per heavy atom. The van der Waals surface area contributed by atoms with Gasteiger partial charge in [0.15, 0.2) is 0 Å². The molecule has 0 fully saturated rings. The molecule has 0 aliphatic carbocycles. The van der Waals surface area contributed by atoms with Crippen LogP contribution < -0.4 is 5.32 Å². The summed E-state index contributed by atoms with van der Waals surface area (Å²) in [6.45, 7) is 2.03. The number of thioether (sulfide) groups is 1. The smallest absolute Gasteiger partial charge is 0.326 e. The van der Waals surface area contributed by atoms with Crippen molar-refractivity contribution >= 4 is 24.1 Å². The van der Waals surface area contributed by atoms with E-state index < -0.39 is 0 Å². The van der Waals surface area contributed by atoms with E-state index >= 15 is 0 Å². The van der Waals surface area contributed by atoms with Gasteiger partial charge < -0.3 is 5.32 Å². The summed E-state index contributed by atoms with van der Waals surface area (Å²) in [4.78, 5) is 13.5. The second-order valence-electron chi connectivity index (χ2n) is 3.31. The van der Waals surface area contributed by atoms with Crippen LogP contribution in [0.4, 0.5) is 4.79 Å². The minimum Gasteiger partial charge on any atom is -0.340 e. The molecule has 17 heavy (non-hydrogen) atoms. The minimum atomic E-state index is -0.333. The van der Waals surface area contributed by atoms with E-state index in [0.29, 0.717) is 0 Å². The molecular formula is C12H15N3OS. The highest BCUT2D eigenvalue weighted by atomic mass is 32.2. The second-order valence-corrected chi connectivity index (χ2v) is 4.29. The first-order chi connectivity index (χ1) is 8.17. The van der Waals surface area contributed by atoms with E-state index in [1.54, 1.807) is 11.6 Å². The summed E-state index contributed by atoms with van der Waals surface area (Å²) >= 11 is 1.50. The number of aryl methyl sites for hydroxylation is 1. The summed E-state index contributed by atoms with van der Waals surface area (Å²) in [7, 11) is 1.53. The molecule has 4 nitrogen and oxygen atoms in total. The van der Waals surface area contributed by atoms with Crippen LogP contribution in [0, 0.1) is 12.3 Å². The van der Waals surface area contributed by atoms with Gasteiger partial charge in [0.2, 0.25) is 0 Å². The third-order valence-corrected chi connectivity index (χ3v) is 2.84. The number of amides is 2. The van der Waals surface area contributed by atoms with E-state index in [1.807, 2.05) is 31.2 Å². The number of hydrogen-bond donors (Lipinski definition) is 2. The van der Waals surface area contributed by atoms with E-state index in [-0.39, 0.29) is 6.03 Å². The molecule has 0 bridgehead atoms. The number of benzene rings is 1. The van der Waals surface area contributed by atoms with Crippen molar-refractivity contribution in [1.82, 2.24) is 10.2 Å². The topological polar surface area (TPSA) is 56.2 Å². The normalized spacial score (nSPS) is 10.2. The molecule has 1 aromatic rings. The van der Waals surface area contributed by atoms with E-state index in [0.717, 1.165) is 11.2 Å². The Kier molecular flexibility index (Phi) is 5.29. The molecule has 0 aromatic heterocycles. The van der Waals surface area contributed by atoms with Crippen molar-refractivity contribution in [1.29, 1.82) is 5.41 Å². The fraction of sp³-hybridized carbons (Fsp3) is 0.167. The van der Waals surface area contributed by atoms with Gasteiger partial charge in [-0.3, -0.25) is 10.3 Å². The Balaban J connectivity index is 2.57. The molecule has 0 atom stereocenters. The standard InChI is InChI=1S/C12H15N3OS/c1-10-3-5-11(6-4-10)17-8-7-15(9-13)12(16)14-2/h3-9,13H,1-2H3,(H,14,16)/b8-7+,13-9?. The zero-order valence-corrected chi connectivity index (χ0v) is 10.6. The molecule has 0 heterocycles. The van der Waals surface area contributed by atoms with Crippen LogP contribution >= 0.6 is 11.8 Å². The monoisotopic (exact) mass is 249 g/mol. The zero-order chi connectivity index (χ0) is 12.7. The van der Waals surface area contributed by atoms with Crippen molar-refractivity contribution in [2.24, 2.45) is 0 Å². The van der Waals surface area contributed by atoms with Gasteiger partial charge in [-0.05, 0) is 24.5 Å². The maximum absolute atomic E-state index is 11.2. The molecule has 0 saturated carbocycles. The number of nitrogens with one attached hydrogen (secondary N) is 2. The zero-order valence-electron chi connectivity index (χ0n) is 9.81. The van der Waals surface area contributed by atoms with E-state index in [4.69, 9.17) is 5.41 Å². The Morgan fingerprint density at radius 1 is 1.41 bits per heavy atom. The quantitative estimate of drug-likeness (QED) is 0.490. The highest BCUT2D eigenvalue weighted by Gasteiger charge is 2.03. The molecule has 2 N–H and O–H groups in total. The molecular weight excluding hydrogens is 234 g/mol. The molecule has 90 valence electrons. The number of urea groups is 1. The van der Waals surface area contributed by atoms with Crippen LogP contribution in [0.1, 0.15) is 5.56 Å². The highest BCUT2D eigenvalue weighted by Crippen LogP contribution is 2.19. The molecule has 1 aromatic carbocycles. The molecule has 0 spiro atoms. The van der Waals surface area contributed by atoms with Crippen LogP contribution in [0.15, 0.2) is 40.8 Å². The fourth-order valence-electron chi connectivity index (χ4n) is 1.09. The summed E-state index contributed by atoms with van der Waals surface area (Å²) in [5, 5.41) is 11.3. The minimum absolute atomic E-state index is 0.333. The van der Waals surface area contributed by atoms with Crippen molar-refractivity contribution in [3.8, 4) is 0 Å². The third kappa shape index (κ3) is 4.32. The van der Waals surface area contributed by atoms with Crippen molar-refractivity contribution in [2.45, 2.75) is 11.8 Å². The van der Waals surface area contributed by atoms with Crippen LogP contribution in [0.2, 0.25) is 0 Å². The van der Waals surface area contributed by atoms with Gasteiger partial charge >= 0.3 is 6.03 Å². The lowest BCUT2D eigenvalue weighted by Crippen LogP contribution is -2.32. The summed E-state index contributed by atoms with van der Waals surface area (Å²) in [5.41, 5.74) is 1.21. The van der Waals surface area contributed by atoms with Crippen molar-refractivity contribution in [3.63, 3.8) is 0 Å². The van der Waals surface area contributed by atoms with E-state index in [2.05, 4.69) is 5.32 Å². The first kappa shape index (κ1) is 13.3. The van der Waals surface area contributed by atoms with Crippen LogP contribution in [0.3, 0.4) is 0 Å². The van der Waals surface area contributed by atoms with Crippen LogP contribution in [0.5, 0.6) is 0 Å². The summed E-state index contributed by atoms with van der Waals surface area (Å²) in [6, 6.07) is 7.76. The molecule has 0 saturated heterocycles. The third-order valence-electron chi connectivity index (χ3n) is 2.03. The average Bonchev–Trinajstić information content (AvgIpc) is 2.36. The first-order valence-corrected chi connectivity index (χ1v) is 5.96. The van der Waals surface area contributed by atoms with Gasteiger partial charge in [-0.15, -0.1) is 0 Å². The molecule has 0 aliphatic heterocycles. The summed E-state index contributed by atoms with van der Waals surface area (Å²) in [6.07, 6.45) is 2.52. The van der Waals surface area contributed by atoms with E-state index in [9.17, 15) is 4.79 Å². The highest BCUT2D eigenvalue weighted by molar-refractivity contribution is 8.02. The maximum atomic E-state index is 11.2. The number of carbonyl (C=O) groups excluding carboxylic acids is 1. The van der Waals surface area contributed by atoms with Gasteiger partial charge in [0, 0.05) is 18.1 Å². The molecule has 1 rings (SSSR count).